The molecule has 0 saturated heterocycles. The maximum Gasteiger partial charge on any atom is 0.139 e. The molecule has 0 fully saturated rings. The number of para-hydroxylation sites is 2. The number of aromatic nitrogens is 2. The van der Waals surface area contributed by atoms with Crippen LogP contribution in [0.15, 0.2) is 199 Å². The maximum atomic E-state index is 5.26. The normalized spacial score (nSPS) is 14.0. The number of allylic oxidation sites excluding steroid dienone is 4. The van der Waals surface area contributed by atoms with Gasteiger partial charge in [-0.1, -0.05) is 127 Å². The molecule has 0 aliphatic heterocycles. The number of hydrogen-bond donors (Lipinski definition) is 0. The van der Waals surface area contributed by atoms with Crippen molar-refractivity contribution in [2.45, 2.75) is 19.3 Å². The van der Waals surface area contributed by atoms with E-state index < -0.39 is 0 Å². The van der Waals surface area contributed by atoms with E-state index in [-0.39, 0.29) is 0 Å². The van der Waals surface area contributed by atoms with Crippen LogP contribution in [0.2, 0.25) is 0 Å². The number of hydrogen-bond acceptors (Lipinski definition) is 3. The minimum atomic E-state index is 0.823. The summed E-state index contributed by atoms with van der Waals surface area (Å²) in [5.41, 5.74) is 10.7. The number of pyridine rings is 2. The van der Waals surface area contributed by atoms with Gasteiger partial charge in [0.15, 0.2) is 0 Å². The summed E-state index contributed by atoms with van der Waals surface area (Å²) in [6.45, 7) is 0. The van der Waals surface area contributed by atoms with Crippen LogP contribution < -0.4 is 15.3 Å². The Morgan fingerprint density at radius 3 is 1.61 bits per heavy atom. The molecule has 2 heterocycles. The number of anilines is 3. The third kappa shape index (κ3) is 5.59. The third-order valence-corrected chi connectivity index (χ3v) is 11.5. The lowest BCUT2D eigenvalue weighted by Crippen LogP contribution is -2.30. The second-order valence-corrected chi connectivity index (χ2v) is 14.9. The van der Waals surface area contributed by atoms with Crippen molar-refractivity contribution in [3.05, 3.63) is 221 Å². The van der Waals surface area contributed by atoms with Crippen LogP contribution in [0.1, 0.15) is 30.4 Å². The van der Waals surface area contributed by atoms with Crippen molar-refractivity contribution >= 4 is 71.8 Å². The van der Waals surface area contributed by atoms with Gasteiger partial charge in [0.1, 0.15) is 11.6 Å². The highest BCUT2D eigenvalue weighted by molar-refractivity contribution is 5.95. The molecule has 0 radical (unpaired) electrons. The van der Waals surface area contributed by atoms with E-state index in [4.69, 9.17) is 9.97 Å². The Hall–Kier alpha value is -7.10. The molecule has 0 unspecified atom stereocenters. The second-order valence-electron chi connectivity index (χ2n) is 14.9. The molecule has 3 heteroatoms. The van der Waals surface area contributed by atoms with E-state index >= 15 is 0 Å². The lowest BCUT2D eigenvalue weighted by molar-refractivity contribution is 0.990. The first-order valence-electron chi connectivity index (χ1n) is 19.5. The average Bonchev–Trinajstić information content (AvgIpc) is 3.40. The minimum absolute atomic E-state index is 0.823. The van der Waals surface area contributed by atoms with Gasteiger partial charge < -0.3 is 0 Å². The van der Waals surface area contributed by atoms with Gasteiger partial charge in [0, 0.05) is 16.5 Å². The van der Waals surface area contributed by atoms with Gasteiger partial charge in [-0.2, -0.15) is 0 Å². The van der Waals surface area contributed by atoms with Crippen molar-refractivity contribution in [1.29, 1.82) is 0 Å². The van der Waals surface area contributed by atoms with Crippen molar-refractivity contribution in [2.75, 3.05) is 4.90 Å². The molecular weight excluding hydrogens is 679 g/mol. The number of nitrogens with zero attached hydrogens (tertiary/aromatic N) is 3. The number of rotatable bonds is 5. The van der Waals surface area contributed by atoms with E-state index in [9.17, 15) is 0 Å². The van der Waals surface area contributed by atoms with Gasteiger partial charge in [0.05, 0.1) is 11.0 Å². The molecule has 9 aromatic rings. The van der Waals surface area contributed by atoms with Crippen LogP contribution in [0.5, 0.6) is 0 Å². The van der Waals surface area contributed by atoms with Crippen LogP contribution >= 0.6 is 0 Å². The van der Waals surface area contributed by atoms with Gasteiger partial charge in [-0.25, -0.2) is 9.97 Å². The van der Waals surface area contributed by atoms with Gasteiger partial charge in [0.25, 0.3) is 0 Å². The first-order valence-corrected chi connectivity index (χ1v) is 19.5. The van der Waals surface area contributed by atoms with Crippen LogP contribution in [-0.2, 0) is 0 Å². The summed E-state index contributed by atoms with van der Waals surface area (Å²) in [6, 6.07) is 63.5. The Labute approximate surface area is 325 Å². The number of benzene rings is 7. The standard InChI is InChI=1S/C53H37N3/c1-3-15-39-31-42(23-21-35(39)11-1)47-33-41-17-5-8-18-45(41)53(43-24-22-36-12-2-4-16-40(36)32-43)48-34-44(27-28-46(47)48)56(51-29-25-37-13-6-9-19-49(37)54-51)52-30-26-38-14-7-10-20-50(38)55-52/h1-4,6-7,9-32,34H,5,8,33H2. The Bertz CT molecular complexity index is 3160. The lowest BCUT2D eigenvalue weighted by atomic mass is 9.85. The first-order chi connectivity index (χ1) is 27.7. The zero-order valence-electron chi connectivity index (χ0n) is 30.9. The van der Waals surface area contributed by atoms with E-state index in [1.54, 1.807) is 0 Å². The smallest absolute Gasteiger partial charge is 0.139 e. The molecule has 0 spiro atoms. The molecule has 3 nitrogen and oxygen atoms in total. The van der Waals surface area contributed by atoms with Crippen molar-refractivity contribution < 1.29 is 0 Å². The number of fused-ring (bicyclic) bond motifs is 6. The van der Waals surface area contributed by atoms with E-state index in [1.165, 1.54) is 65.4 Å². The van der Waals surface area contributed by atoms with Gasteiger partial charge >= 0.3 is 0 Å². The van der Waals surface area contributed by atoms with Crippen molar-refractivity contribution in [2.24, 2.45) is 0 Å². The zero-order chi connectivity index (χ0) is 37.0. The average molecular weight is 716 g/mol. The van der Waals surface area contributed by atoms with Crippen molar-refractivity contribution in [3.63, 3.8) is 0 Å². The second kappa shape index (κ2) is 13.3. The van der Waals surface area contributed by atoms with Gasteiger partial charge in [-0.15, -0.1) is 0 Å². The topological polar surface area (TPSA) is 29.0 Å². The van der Waals surface area contributed by atoms with E-state index in [2.05, 4.69) is 193 Å². The van der Waals surface area contributed by atoms with Crippen LogP contribution in [0.4, 0.5) is 17.3 Å². The summed E-state index contributed by atoms with van der Waals surface area (Å²) >= 11 is 0. The SMILES string of the molecule is C1=C2CC(c3ccc4ccccc4c3)=c3ccc(N(c4ccc5ccccc5n4)c4ccc5ccccc5n4)cc3=C(c3ccc4ccccc4c3)C2=CCC1. The quantitative estimate of drug-likeness (QED) is 0.178. The Balaban J connectivity index is 1.25. The lowest BCUT2D eigenvalue weighted by Gasteiger charge is -2.24. The molecular formula is C53H37N3. The monoisotopic (exact) mass is 715 g/mol. The Morgan fingerprint density at radius 1 is 0.411 bits per heavy atom. The Morgan fingerprint density at radius 2 is 0.946 bits per heavy atom. The molecule has 0 amide bonds. The largest absolute Gasteiger partial charge is 0.279 e. The molecule has 2 aliphatic carbocycles. The minimum Gasteiger partial charge on any atom is -0.279 e. The van der Waals surface area contributed by atoms with Gasteiger partial charge in [0.2, 0.25) is 0 Å². The molecule has 2 aliphatic rings. The molecule has 0 N–H and O–H groups in total. The Kier molecular flexibility index (Phi) is 7.70. The van der Waals surface area contributed by atoms with Crippen LogP contribution in [0.3, 0.4) is 0 Å². The molecule has 0 bridgehead atoms. The van der Waals surface area contributed by atoms with Crippen LogP contribution in [0.25, 0.3) is 54.5 Å². The maximum absolute atomic E-state index is 5.26. The summed E-state index contributed by atoms with van der Waals surface area (Å²) in [6.07, 6.45) is 7.88. The zero-order valence-corrected chi connectivity index (χ0v) is 30.9. The molecule has 11 rings (SSSR count). The highest BCUT2D eigenvalue weighted by Crippen LogP contribution is 2.39. The van der Waals surface area contributed by atoms with E-state index in [0.29, 0.717) is 0 Å². The van der Waals surface area contributed by atoms with Crippen LogP contribution in [0, 0.1) is 0 Å². The predicted molar refractivity (Wildman–Crippen MR) is 234 cm³/mol. The van der Waals surface area contributed by atoms with E-state index in [0.717, 1.165) is 58.4 Å². The molecule has 0 saturated carbocycles. The van der Waals surface area contributed by atoms with Gasteiger partial charge in [-0.3, -0.25) is 4.90 Å². The molecule has 2 aromatic heterocycles. The highest BCUT2D eigenvalue weighted by Gasteiger charge is 2.24. The fraction of sp³-hybridized carbons (Fsp3) is 0.0566. The highest BCUT2D eigenvalue weighted by atomic mass is 15.2. The molecule has 264 valence electrons. The molecule has 7 aromatic carbocycles. The van der Waals surface area contributed by atoms with E-state index in [1.807, 2.05) is 0 Å². The fourth-order valence-electron chi connectivity index (χ4n) is 8.76. The summed E-state index contributed by atoms with van der Waals surface area (Å²) in [5.74, 6) is 1.65. The summed E-state index contributed by atoms with van der Waals surface area (Å²) in [7, 11) is 0. The van der Waals surface area contributed by atoms with Gasteiger partial charge in [-0.05, 0) is 145 Å². The van der Waals surface area contributed by atoms with Crippen molar-refractivity contribution in [1.82, 2.24) is 9.97 Å². The summed E-state index contributed by atoms with van der Waals surface area (Å²) < 4.78 is 0. The summed E-state index contributed by atoms with van der Waals surface area (Å²) in [4.78, 5) is 12.7. The molecule has 0 atom stereocenters. The van der Waals surface area contributed by atoms with Crippen molar-refractivity contribution in [3.8, 4) is 0 Å². The molecule has 56 heavy (non-hydrogen) atoms. The van der Waals surface area contributed by atoms with Crippen LogP contribution in [-0.4, -0.2) is 9.97 Å². The predicted octanol–water partition coefficient (Wildman–Crippen LogP) is 12.0. The summed E-state index contributed by atoms with van der Waals surface area (Å²) in [5, 5.41) is 9.66. The fourth-order valence-corrected chi connectivity index (χ4v) is 8.76. The third-order valence-electron chi connectivity index (χ3n) is 11.5. The first kappa shape index (κ1) is 32.3.